The van der Waals surface area contributed by atoms with Crippen molar-refractivity contribution >= 4 is 15.9 Å². The molecular weight excluding hydrogens is 302 g/mol. The van der Waals surface area contributed by atoms with Crippen LogP contribution < -0.4 is 5.32 Å². The molecule has 2 rings (SSSR count). The summed E-state index contributed by atoms with van der Waals surface area (Å²) in [5.74, 6) is -0.269. The van der Waals surface area contributed by atoms with Gasteiger partial charge in [0.25, 0.3) is 0 Å². The van der Waals surface area contributed by atoms with E-state index in [9.17, 15) is 8.78 Å². The molecule has 1 aliphatic heterocycles. The highest BCUT2D eigenvalue weighted by atomic mass is 79.9. The fraction of sp³-hybridized carbons (Fsp3) is 0.538. The van der Waals surface area contributed by atoms with Crippen LogP contribution >= 0.6 is 15.9 Å². The Bertz CT molecular complexity index is 395. The van der Waals surface area contributed by atoms with Crippen molar-refractivity contribution in [1.29, 1.82) is 0 Å². The van der Waals surface area contributed by atoms with Gasteiger partial charge in [-0.25, -0.2) is 4.39 Å². The summed E-state index contributed by atoms with van der Waals surface area (Å²) < 4.78 is 27.3. The standard InChI is InChI=1S/C13H17BrF2N2/c14-11-3-1-2-10(13(11)16)12(4-5-15)18-8-6-17-7-9-18/h1-3,12,17H,4-9H2/t12-/m1/s1. The Balaban J connectivity index is 2.25. The third kappa shape index (κ3) is 3.08. The summed E-state index contributed by atoms with van der Waals surface area (Å²) in [7, 11) is 0. The van der Waals surface area contributed by atoms with Crippen LogP contribution in [0.15, 0.2) is 22.7 Å². The van der Waals surface area contributed by atoms with Crippen LogP contribution in [0.2, 0.25) is 0 Å². The molecule has 0 radical (unpaired) electrons. The molecule has 100 valence electrons. The maximum Gasteiger partial charge on any atom is 0.142 e. The monoisotopic (exact) mass is 318 g/mol. The molecule has 5 heteroatoms. The second-order valence-corrected chi connectivity index (χ2v) is 5.28. The molecule has 1 aromatic carbocycles. The Labute approximate surface area is 114 Å². The second kappa shape index (κ2) is 6.59. The topological polar surface area (TPSA) is 15.3 Å². The van der Waals surface area contributed by atoms with E-state index in [1.54, 1.807) is 18.2 Å². The average molecular weight is 319 g/mol. The molecule has 1 fully saturated rings. The molecule has 1 N–H and O–H groups in total. The van der Waals surface area contributed by atoms with Crippen molar-refractivity contribution in [2.75, 3.05) is 32.9 Å². The normalized spacial score (nSPS) is 18.8. The van der Waals surface area contributed by atoms with E-state index in [2.05, 4.69) is 26.1 Å². The van der Waals surface area contributed by atoms with Crippen LogP contribution in [0.3, 0.4) is 0 Å². The summed E-state index contributed by atoms with van der Waals surface area (Å²) in [6, 6.07) is 5.05. The summed E-state index contributed by atoms with van der Waals surface area (Å²) in [6.45, 7) is 2.98. The fourth-order valence-corrected chi connectivity index (χ4v) is 2.79. The molecule has 0 bridgehead atoms. The summed E-state index contributed by atoms with van der Waals surface area (Å²) in [4.78, 5) is 2.15. The Morgan fingerprint density at radius 2 is 2.06 bits per heavy atom. The minimum absolute atomic E-state index is 0.172. The van der Waals surface area contributed by atoms with E-state index in [0.29, 0.717) is 16.5 Å². The van der Waals surface area contributed by atoms with Crippen molar-refractivity contribution in [2.45, 2.75) is 12.5 Å². The lowest BCUT2D eigenvalue weighted by molar-refractivity contribution is 0.154. The molecule has 2 nitrogen and oxygen atoms in total. The fourth-order valence-electron chi connectivity index (χ4n) is 2.41. The van der Waals surface area contributed by atoms with E-state index >= 15 is 0 Å². The number of hydrogen-bond donors (Lipinski definition) is 1. The Kier molecular flexibility index (Phi) is 5.09. The zero-order valence-corrected chi connectivity index (χ0v) is 11.7. The number of nitrogens with one attached hydrogen (secondary N) is 1. The lowest BCUT2D eigenvalue weighted by Crippen LogP contribution is -2.45. The maximum atomic E-state index is 14.1. The van der Waals surface area contributed by atoms with Gasteiger partial charge in [-0.1, -0.05) is 12.1 Å². The number of nitrogens with zero attached hydrogens (tertiary/aromatic N) is 1. The number of hydrogen-bond acceptors (Lipinski definition) is 2. The molecule has 0 aromatic heterocycles. The van der Waals surface area contributed by atoms with E-state index in [1.807, 2.05) is 0 Å². The van der Waals surface area contributed by atoms with E-state index in [0.717, 1.165) is 26.2 Å². The van der Waals surface area contributed by atoms with E-state index in [4.69, 9.17) is 0 Å². The highest BCUT2D eigenvalue weighted by Crippen LogP contribution is 2.30. The van der Waals surface area contributed by atoms with Crippen LogP contribution in [0.25, 0.3) is 0 Å². The van der Waals surface area contributed by atoms with Crippen molar-refractivity contribution < 1.29 is 8.78 Å². The maximum absolute atomic E-state index is 14.1. The first-order chi connectivity index (χ1) is 8.74. The lowest BCUT2D eigenvalue weighted by Gasteiger charge is -2.35. The first-order valence-corrected chi connectivity index (χ1v) is 6.98. The van der Waals surface area contributed by atoms with E-state index < -0.39 is 6.67 Å². The highest BCUT2D eigenvalue weighted by molar-refractivity contribution is 9.10. The lowest BCUT2D eigenvalue weighted by atomic mass is 10.0. The van der Waals surface area contributed by atoms with Crippen molar-refractivity contribution in [2.24, 2.45) is 0 Å². The number of rotatable bonds is 4. The molecule has 0 unspecified atom stereocenters. The van der Waals surface area contributed by atoms with Crippen molar-refractivity contribution in [1.82, 2.24) is 10.2 Å². The Morgan fingerprint density at radius 1 is 1.33 bits per heavy atom. The molecule has 1 aromatic rings. The number of benzene rings is 1. The molecule has 1 atom stereocenters. The predicted molar refractivity (Wildman–Crippen MR) is 71.9 cm³/mol. The van der Waals surface area contributed by atoms with E-state index in [1.165, 1.54) is 0 Å². The van der Waals surface area contributed by atoms with Gasteiger partial charge < -0.3 is 5.32 Å². The van der Waals surface area contributed by atoms with Crippen LogP contribution in [-0.2, 0) is 0 Å². The van der Waals surface area contributed by atoms with Crippen LogP contribution in [0.4, 0.5) is 8.78 Å². The molecule has 18 heavy (non-hydrogen) atoms. The summed E-state index contributed by atoms with van der Waals surface area (Å²) in [5, 5.41) is 3.25. The molecule has 0 amide bonds. The van der Waals surface area contributed by atoms with Crippen LogP contribution in [0.5, 0.6) is 0 Å². The average Bonchev–Trinajstić information content (AvgIpc) is 2.41. The zero-order chi connectivity index (χ0) is 13.0. The Morgan fingerprint density at radius 3 is 2.72 bits per heavy atom. The van der Waals surface area contributed by atoms with Gasteiger partial charge in [-0.15, -0.1) is 0 Å². The van der Waals surface area contributed by atoms with Crippen molar-refractivity contribution in [3.63, 3.8) is 0 Å². The molecule has 1 heterocycles. The van der Waals surface area contributed by atoms with Gasteiger partial charge >= 0.3 is 0 Å². The first-order valence-electron chi connectivity index (χ1n) is 6.18. The Hall–Kier alpha value is -0.520. The summed E-state index contributed by atoms with van der Waals surface area (Å²) in [5.41, 5.74) is 0.587. The minimum Gasteiger partial charge on any atom is -0.314 e. The number of piperazine rings is 1. The van der Waals surface area contributed by atoms with Crippen molar-refractivity contribution in [3.05, 3.63) is 34.1 Å². The second-order valence-electron chi connectivity index (χ2n) is 4.42. The summed E-state index contributed by atoms with van der Waals surface area (Å²) in [6.07, 6.45) is 0.341. The van der Waals surface area contributed by atoms with Crippen molar-refractivity contribution in [3.8, 4) is 0 Å². The van der Waals surface area contributed by atoms with Crippen LogP contribution in [0.1, 0.15) is 18.0 Å². The molecule has 1 saturated heterocycles. The largest absolute Gasteiger partial charge is 0.314 e. The molecule has 0 aliphatic carbocycles. The van der Waals surface area contributed by atoms with Gasteiger partial charge in [-0.2, -0.15) is 0 Å². The predicted octanol–water partition coefficient (Wildman–Crippen LogP) is 2.89. The smallest absolute Gasteiger partial charge is 0.142 e. The molecule has 0 saturated carbocycles. The molecule has 0 spiro atoms. The zero-order valence-electron chi connectivity index (χ0n) is 10.1. The summed E-state index contributed by atoms with van der Waals surface area (Å²) >= 11 is 3.19. The van der Waals surface area contributed by atoms with Crippen LogP contribution in [-0.4, -0.2) is 37.8 Å². The minimum atomic E-state index is -0.430. The third-order valence-electron chi connectivity index (χ3n) is 3.32. The molecule has 1 aliphatic rings. The SMILES string of the molecule is FCC[C@H](c1cccc(Br)c1F)N1CCNCC1. The van der Waals surface area contributed by atoms with Gasteiger partial charge in [-0.3, -0.25) is 9.29 Å². The van der Waals surface area contributed by atoms with Gasteiger partial charge in [0.15, 0.2) is 0 Å². The van der Waals surface area contributed by atoms with Gasteiger partial charge in [-0.05, 0) is 28.4 Å². The first kappa shape index (κ1) is 13.9. The number of alkyl halides is 1. The highest BCUT2D eigenvalue weighted by Gasteiger charge is 2.24. The van der Waals surface area contributed by atoms with Crippen LogP contribution in [0, 0.1) is 5.82 Å². The van der Waals surface area contributed by atoms with Gasteiger partial charge in [0.05, 0.1) is 11.1 Å². The van der Waals surface area contributed by atoms with Gasteiger partial charge in [0.1, 0.15) is 5.82 Å². The van der Waals surface area contributed by atoms with Gasteiger partial charge in [0, 0.05) is 37.8 Å². The van der Waals surface area contributed by atoms with Gasteiger partial charge in [0.2, 0.25) is 0 Å². The number of halogens is 3. The quantitative estimate of drug-likeness (QED) is 0.918. The molecular formula is C13H17BrF2N2. The van der Waals surface area contributed by atoms with E-state index in [-0.39, 0.29) is 11.9 Å². The third-order valence-corrected chi connectivity index (χ3v) is 3.93.